The monoisotopic (exact) mass is 330 g/mol. The predicted molar refractivity (Wildman–Crippen MR) is 90.3 cm³/mol. The molecule has 1 saturated heterocycles. The highest BCUT2D eigenvalue weighted by Crippen LogP contribution is 2.20. The zero-order chi connectivity index (χ0) is 17.9. The van der Waals surface area contributed by atoms with Crippen molar-refractivity contribution in [2.45, 2.75) is 20.3 Å². The third-order valence-corrected chi connectivity index (χ3v) is 3.80. The lowest BCUT2D eigenvalue weighted by Gasteiger charge is -2.28. The van der Waals surface area contributed by atoms with E-state index in [2.05, 4.69) is 13.8 Å². The Labute approximate surface area is 141 Å². The zero-order valence-electron chi connectivity index (χ0n) is 14.4. The number of ether oxygens (including phenoxy) is 1. The van der Waals surface area contributed by atoms with Gasteiger partial charge in [-0.15, -0.1) is 0 Å². The Balaban J connectivity index is 2.14. The van der Waals surface area contributed by atoms with E-state index in [1.54, 1.807) is 24.3 Å². The van der Waals surface area contributed by atoms with Crippen LogP contribution in [0.3, 0.4) is 0 Å². The van der Waals surface area contributed by atoms with E-state index in [1.807, 2.05) is 0 Å². The first-order valence-electron chi connectivity index (χ1n) is 7.86. The first-order valence-corrected chi connectivity index (χ1v) is 7.86. The molecule has 0 unspecified atom stereocenters. The van der Waals surface area contributed by atoms with Gasteiger partial charge in [-0.2, -0.15) is 0 Å². The molecule has 1 aromatic carbocycles. The summed E-state index contributed by atoms with van der Waals surface area (Å²) in [5.41, 5.74) is 0.659. The minimum absolute atomic E-state index is 0.0342. The Bertz CT molecular complexity index is 651. The Morgan fingerprint density at radius 2 is 1.54 bits per heavy atom. The van der Waals surface area contributed by atoms with Crippen molar-refractivity contribution in [2.75, 3.05) is 20.7 Å². The quantitative estimate of drug-likeness (QED) is 0.615. The molecule has 24 heavy (non-hydrogen) atoms. The minimum Gasteiger partial charge on any atom is -0.494 e. The molecule has 1 aliphatic rings. The Morgan fingerprint density at radius 3 is 2.04 bits per heavy atom. The fourth-order valence-electron chi connectivity index (χ4n) is 2.21. The number of hydrogen-bond acceptors (Lipinski definition) is 4. The van der Waals surface area contributed by atoms with Crippen LogP contribution in [0.15, 0.2) is 29.8 Å². The fraction of sp³-hybridized carbons (Fsp3) is 0.389. The summed E-state index contributed by atoms with van der Waals surface area (Å²) in [6, 6.07) is 6.51. The van der Waals surface area contributed by atoms with Gasteiger partial charge < -0.3 is 4.74 Å². The molecule has 0 bridgehead atoms. The number of barbiturate groups is 1. The molecule has 0 atom stereocenters. The Kier molecular flexibility index (Phi) is 5.39. The molecule has 0 spiro atoms. The van der Waals surface area contributed by atoms with Gasteiger partial charge in [0.15, 0.2) is 0 Å². The molecule has 0 N–H and O–H groups in total. The van der Waals surface area contributed by atoms with Crippen LogP contribution < -0.4 is 4.74 Å². The first kappa shape index (κ1) is 17.7. The molecule has 0 saturated carbocycles. The van der Waals surface area contributed by atoms with Crippen molar-refractivity contribution >= 4 is 23.9 Å². The van der Waals surface area contributed by atoms with Gasteiger partial charge in [0.25, 0.3) is 11.8 Å². The smallest absolute Gasteiger partial charge is 0.333 e. The number of rotatable bonds is 5. The lowest BCUT2D eigenvalue weighted by atomic mass is 10.1. The second kappa shape index (κ2) is 7.29. The van der Waals surface area contributed by atoms with Crippen LogP contribution in [0.2, 0.25) is 0 Å². The van der Waals surface area contributed by atoms with Gasteiger partial charge in [0.05, 0.1) is 6.61 Å². The van der Waals surface area contributed by atoms with E-state index in [-0.39, 0.29) is 5.57 Å². The number of likely N-dealkylation sites (N-methyl/N-ethyl adjacent to an activating group) is 2. The SMILES string of the molecule is CC(C)CCOc1ccc(C=C2C(=O)N(C)C(=O)N(C)C2=O)cc1. The van der Waals surface area contributed by atoms with E-state index in [4.69, 9.17) is 4.74 Å². The van der Waals surface area contributed by atoms with Gasteiger partial charge in [0, 0.05) is 14.1 Å². The molecule has 1 fully saturated rings. The molecule has 0 aromatic heterocycles. The molecule has 1 aliphatic heterocycles. The van der Waals surface area contributed by atoms with E-state index < -0.39 is 17.8 Å². The number of carbonyl (C=O) groups is 3. The number of imide groups is 2. The molecule has 6 nitrogen and oxygen atoms in total. The van der Waals surface area contributed by atoms with Gasteiger partial charge in [-0.25, -0.2) is 4.79 Å². The predicted octanol–water partition coefficient (Wildman–Crippen LogP) is 2.55. The molecule has 0 aliphatic carbocycles. The Hall–Kier alpha value is -2.63. The van der Waals surface area contributed by atoms with E-state index in [0.717, 1.165) is 22.0 Å². The molecular weight excluding hydrogens is 308 g/mol. The third kappa shape index (κ3) is 3.82. The highest BCUT2D eigenvalue weighted by atomic mass is 16.5. The molecule has 4 amide bonds. The van der Waals surface area contributed by atoms with E-state index in [1.165, 1.54) is 20.2 Å². The maximum absolute atomic E-state index is 12.1. The zero-order valence-corrected chi connectivity index (χ0v) is 14.4. The van der Waals surface area contributed by atoms with Crippen molar-refractivity contribution in [1.29, 1.82) is 0 Å². The van der Waals surface area contributed by atoms with Crippen molar-refractivity contribution in [3.05, 3.63) is 35.4 Å². The highest BCUT2D eigenvalue weighted by molar-refractivity contribution is 6.30. The number of benzene rings is 1. The average molecular weight is 330 g/mol. The van der Waals surface area contributed by atoms with Gasteiger partial charge in [-0.3, -0.25) is 19.4 Å². The Morgan fingerprint density at radius 1 is 1.00 bits per heavy atom. The van der Waals surface area contributed by atoms with Crippen LogP contribution >= 0.6 is 0 Å². The van der Waals surface area contributed by atoms with E-state index >= 15 is 0 Å². The lowest BCUT2D eigenvalue weighted by molar-refractivity contribution is -0.134. The van der Waals surface area contributed by atoms with Gasteiger partial charge in [-0.1, -0.05) is 26.0 Å². The van der Waals surface area contributed by atoms with Gasteiger partial charge in [-0.05, 0) is 36.1 Å². The maximum atomic E-state index is 12.1. The number of carbonyl (C=O) groups excluding carboxylic acids is 3. The second-order valence-corrected chi connectivity index (χ2v) is 6.17. The van der Waals surface area contributed by atoms with Crippen LogP contribution in [-0.4, -0.2) is 48.3 Å². The van der Waals surface area contributed by atoms with Crippen molar-refractivity contribution < 1.29 is 19.1 Å². The van der Waals surface area contributed by atoms with Crippen LogP contribution in [0.4, 0.5) is 4.79 Å². The second-order valence-electron chi connectivity index (χ2n) is 6.17. The van der Waals surface area contributed by atoms with Crippen molar-refractivity contribution in [2.24, 2.45) is 5.92 Å². The number of nitrogens with zero attached hydrogens (tertiary/aromatic N) is 2. The summed E-state index contributed by atoms with van der Waals surface area (Å²) in [5.74, 6) is 0.123. The molecule has 1 heterocycles. The molecule has 2 rings (SSSR count). The van der Waals surface area contributed by atoms with E-state index in [9.17, 15) is 14.4 Å². The lowest BCUT2D eigenvalue weighted by Crippen LogP contribution is -2.52. The van der Waals surface area contributed by atoms with Gasteiger partial charge >= 0.3 is 6.03 Å². The first-order chi connectivity index (χ1) is 11.3. The molecule has 1 aromatic rings. The summed E-state index contributed by atoms with van der Waals surface area (Å²) >= 11 is 0. The molecule has 128 valence electrons. The maximum Gasteiger partial charge on any atom is 0.333 e. The third-order valence-electron chi connectivity index (χ3n) is 3.80. The topological polar surface area (TPSA) is 66.9 Å². The summed E-state index contributed by atoms with van der Waals surface area (Å²) in [6.07, 6.45) is 2.46. The average Bonchev–Trinajstić information content (AvgIpc) is 2.56. The number of hydrogen-bond donors (Lipinski definition) is 0. The summed E-state index contributed by atoms with van der Waals surface area (Å²) < 4.78 is 5.64. The summed E-state index contributed by atoms with van der Waals surface area (Å²) in [6.45, 7) is 4.91. The van der Waals surface area contributed by atoms with Crippen molar-refractivity contribution in [3.8, 4) is 5.75 Å². The largest absolute Gasteiger partial charge is 0.494 e. The normalized spacial score (nSPS) is 15.4. The minimum atomic E-state index is -0.629. The van der Waals surface area contributed by atoms with E-state index in [0.29, 0.717) is 18.1 Å². The summed E-state index contributed by atoms with van der Waals surface area (Å²) in [4.78, 5) is 37.8. The van der Waals surface area contributed by atoms with Crippen molar-refractivity contribution in [3.63, 3.8) is 0 Å². The van der Waals surface area contributed by atoms with Crippen LogP contribution in [0, 0.1) is 5.92 Å². The van der Waals surface area contributed by atoms with Crippen LogP contribution in [0.25, 0.3) is 6.08 Å². The standard InChI is InChI=1S/C18H22N2O4/c1-12(2)9-10-24-14-7-5-13(6-8-14)11-15-16(21)19(3)18(23)20(4)17(15)22/h5-8,11-12H,9-10H2,1-4H3. The fourth-order valence-corrected chi connectivity index (χ4v) is 2.21. The number of amides is 4. The molecule has 0 radical (unpaired) electrons. The summed E-state index contributed by atoms with van der Waals surface area (Å²) in [5, 5.41) is 0. The van der Waals surface area contributed by atoms with Crippen molar-refractivity contribution in [1.82, 2.24) is 9.80 Å². The van der Waals surface area contributed by atoms with Gasteiger partial charge in [0.2, 0.25) is 0 Å². The molecule has 6 heteroatoms. The van der Waals surface area contributed by atoms with Crippen LogP contribution in [-0.2, 0) is 9.59 Å². The summed E-state index contributed by atoms with van der Waals surface area (Å²) in [7, 11) is 2.71. The number of urea groups is 1. The van der Waals surface area contributed by atoms with Gasteiger partial charge in [0.1, 0.15) is 11.3 Å². The highest BCUT2D eigenvalue weighted by Gasteiger charge is 2.37. The van der Waals surface area contributed by atoms with Crippen LogP contribution in [0.1, 0.15) is 25.8 Å². The molecular formula is C18H22N2O4. The van der Waals surface area contributed by atoms with Crippen LogP contribution in [0.5, 0.6) is 5.75 Å².